The molecule has 0 radical (unpaired) electrons. The first-order valence-corrected chi connectivity index (χ1v) is 11.6. The van der Waals surface area contributed by atoms with E-state index in [2.05, 4.69) is 54.6 Å². The van der Waals surface area contributed by atoms with Crippen molar-refractivity contribution in [2.24, 2.45) is 7.05 Å². The second-order valence-electron chi connectivity index (χ2n) is 8.78. The number of rotatable bonds is 5. The smallest absolute Gasteiger partial charge is 0.229 e. The van der Waals surface area contributed by atoms with Gasteiger partial charge in [0.15, 0.2) is 17.5 Å². The van der Waals surface area contributed by atoms with E-state index in [0.29, 0.717) is 11.4 Å². The van der Waals surface area contributed by atoms with Gasteiger partial charge in [0.1, 0.15) is 5.69 Å². The minimum atomic E-state index is -0.490. The van der Waals surface area contributed by atoms with Crippen LogP contribution in [-0.4, -0.2) is 56.1 Å². The van der Waals surface area contributed by atoms with Crippen molar-refractivity contribution in [3.05, 3.63) is 48.0 Å². The topological polar surface area (TPSA) is 96.7 Å². The highest BCUT2D eigenvalue weighted by atomic mass is 19.1. The lowest BCUT2D eigenvalue weighted by molar-refractivity contribution is 0.619. The van der Waals surface area contributed by atoms with Crippen LogP contribution in [0.4, 0.5) is 22.0 Å². The zero-order chi connectivity index (χ0) is 23.7. The molecule has 1 aliphatic heterocycles. The van der Waals surface area contributed by atoms with Gasteiger partial charge in [-0.25, -0.2) is 14.4 Å². The van der Waals surface area contributed by atoms with Crippen molar-refractivity contribution in [2.75, 3.05) is 36.4 Å². The Balaban J connectivity index is 1.40. The van der Waals surface area contributed by atoms with Crippen molar-refractivity contribution in [2.45, 2.75) is 26.2 Å². The van der Waals surface area contributed by atoms with Crippen molar-refractivity contribution in [3.63, 3.8) is 0 Å². The Labute approximate surface area is 197 Å². The molecular weight excluding hydrogens is 433 g/mol. The SMILES string of the molecule is CC(C)c1c2cc(-c3nc(Nc4ccc(N5CCCNCC5)nn4)ncc3F)ccc2nn1C. The van der Waals surface area contributed by atoms with E-state index in [1.54, 1.807) is 0 Å². The van der Waals surface area contributed by atoms with Gasteiger partial charge in [-0.05, 0) is 43.1 Å². The molecule has 0 amide bonds. The average Bonchev–Trinajstić information content (AvgIpc) is 2.98. The maximum Gasteiger partial charge on any atom is 0.229 e. The van der Waals surface area contributed by atoms with Gasteiger partial charge in [0.2, 0.25) is 5.95 Å². The molecular formula is C24H28FN9. The second-order valence-corrected chi connectivity index (χ2v) is 8.78. The highest BCUT2D eigenvalue weighted by Gasteiger charge is 2.16. The number of aryl methyl sites for hydroxylation is 1. The Kier molecular flexibility index (Phi) is 6.06. The predicted molar refractivity (Wildman–Crippen MR) is 131 cm³/mol. The van der Waals surface area contributed by atoms with E-state index in [0.717, 1.165) is 55.0 Å². The van der Waals surface area contributed by atoms with Gasteiger partial charge in [-0.1, -0.05) is 19.9 Å². The van der Waals surface area contributed by atoms with E-state index in [-0.39, 0.29) is 17.6 Å². The van der Waals surface area contributed by atoms with Crippen LogP contribution in [0, 0.1) is 5.82 Å². The summed E-state index contributed by atoms with van der Waals surface area (Å²) >= 11 is 0. The van der Waals surface area contributed by atoms with E-state index in [9.17, 15) is 4.39 Å². The molecule has 1 aromatic carbocycles. The summed E-state index contributed by atoms with van der Waals surface area (Å²) in [5.41, 5.74) is 2.86. The molecule has 1 fully saturated rings. The standard InChI is InChI=1S/C24H28FN9/c1-15(2)23-17-13-16(5-6-19(17)32-33(23)3)22-18(25)14-27-24(29-22)28-20-7-8-21(31-30-20)34-11-4-9-26-10-12-34/h5-8,13-15,26H,4,9-12H2,1-3H3,(H,27,28,29,30). The number of nitrogens with one attached hydrogen (secondary N) is 2. The molecule has 3 aromatic heterocycles. The van der Waals surface area contributed by atoms with Crippen molar-refractivity contribution in [3.8, 4) is 11.3 Å². The van der Waals surface area contributed by atoms with Crippen LogP contribution in [0.2, 0.25) is 0 Å². The molecule has 4 aromatic rings. The maximum absolute atomic E-state index is 14.7. The average molecular weight is 462 g/mol. The van der Waals surface area contributed by atoms with E-state index >= 15 is 0 Å². The fraction of sp³-hybridized carbons (Fsp3) is 0.375. The van der Waals surface area contributed by atoms with Crippen LogP contribution in [-0.2, 0) is 7.05 Å². The molecule has 0 saturated carbocycles. The zero-order valence-electron chi connectivity index (χ0n) is 19.6. The number of halogens is 1. The van der Waals surface area contributed by atoms with E-state index < -0.39 is 5.82 Å². The summed E-state index contributed by atoms with van der Waals surface area (Å²) < 4.78 is 16.6. The molecule has 9 nitrogen and oxygen atoms in total. The lowest BCUT2D eigenvalue weighted by Gasteiger charge is -2.20. The molecule has 0 bridgehead atoms. The van der Waals surface area contributed by atoms with Crippen LogP contribution in [0.1, 0.15) is 31.9 Å². The van der Waals surface area contributed by atoms with E-state index in [4.69, 9.17) is 0 Å². The molecule has 0 atom stereocenters. The Bertz CT molecular complexity index is 1290. The van der Waals surface area contributed by atoms with Gasteiger partial charge in [-0.2, -0.15) is 5.10 Å². The number of fused-ring (bicyclic) bond motifs is 1. The van der Waals surface area contributed by atoms with Crippen molar-refractivity contribution in [1.82, 2.24) is 35.3 Å². The van der Waals surface area contributed by atoms with E-state index in [1.807, 2.05) is 42.1 Å². The van der Waals surface area contributed by atoms with Crippen molar-refractivity contribution < 1.29 is 4.39 Å². The minimum absolute atomic E-state index is 0.222. The normalized spacial score (nSPS) is 14.6. The monoisotopic (exact) mass is 461 g/mol. The van der Waals surface area contributed by atoms with Crippen LogP contribution in [0.25, 0.3) is 22.2 Å². The highest BCUT2D eigenvalue weighted by molar-refractivity contribution is 5.86. The molecule has 10 heteroatoms. The van der Waals surface area contributed by atoms with Crippen molar-refractivity contribution >= 4 is 28.5 Å². The summed E-state index contributed by atoms with van der Waals surface area (Å²) in [6, 6.07) is 9.43. The first-order chi connectivity index (χ1) is 16.5. The first-order valence-electron chi connectivity index (χ1n) is 11.6. The fourth-order valence-electron chi connectivity index (χ4n) is 4.43. The summed E-state index contributed by atoms with van der Waals surface area (Å²) in [4.78, 5) is 10.7. The fourth-order valence-corrected chi connectivity index (χ4v) is 4.43. The maximum atomic E-state index is 14.7. The van der Waals surface area contributed by atoms with Gasteiger partial charge >= 0.3 is 0 Å². The van der Waals surface area contributed by atoms with Gasteiger partial charge in [0.25, 0.3) is 0 Å². The molecule has 0 aliphatic carbocycles. The number of hydrogen-bond donors (Lipinski definition) is 2. The Morgan fingerprint density at radius 1 is 1.09 bits per heavy atom. The molecule has 176 valence electrons. The minimum Gasteiger partial charge on any atom is -0.354 e. The Morgan fingerprint density at radius 2 is 1.97 bits per heavy atom. The first kappa shape index (κ1) is 22.1. The van der Waals surface area contributed by atoms with Crippen LogP contribution < -0.4 is 15.5 Å². The lowest BCUT2D eigenvalue weighted by atomic mass is 10.0. The summed E-state index contributed by atoms with van der Waals surface area (Å²) in [5, 5.41) is 20.6. The summed E-state index contributed by atoms with van der Waals surface area (Å²) in [6.07, 6.45) is 2.24. The van der Waals surface area contributed by atoms with Crippen LogP contribution in [0.15, 0.2) is 36.5 Å². The van der Waals surface area contributed by atoms with Crippen LogP contribution in [0.3, 0.4) is 0 Å². The quantitative estimate of drug-likeness (QED) is 0.465. The molecule has 4 heterocycles. The van der Waals surface area contributed by atoms with Gasteiger partial charge < -0.3 is 15.5 Å². The predicted octanol–water partition coefficient (Wildman–Crippen LogP) is 3.63. The summed E-state index contributed by atoms with van der Waals surface area (Å²) in [7, 11) is 1.93. The summed E-state index contributed by atoms with van der Waals surface area (Å²) in [5.74, 6) is 1.38. The number of aromatic nitrogens is 6. The Hall–Kier alpha value is -3.66. The molecule has 1 aliphatic rings. The molecule has 34 heavy (non-hydrogen) atoms. The molecule has 2 N–H and O–H groups in total. The molecule has 1 saturated heterocycles. The third-order valence-corrected chi connectivity index (χ3v) is 6.00. The Morgan fingerprint density at radius 3 is 2.76 bits per heavy atom. The van der Waals surface area contributed by atoms with E-state index in [1.165, 1.54) is 6.20 Å². The number of hydrogen-bond acceptors (Lipinski definition) is 8. The largest absolute Gasteiger partial charge is 0.354 e. The number of benzene rings is 1. The number of anilines is 3. The second kappa shape index (κ2) is 9.30. The van der Waals surface area contributed by atoms with Gasteiger partial charge in [0, 0.05) is 43.3 Å². The molecule has 0 unspecified atom stereocenters. The van der Waals surface area contributed by atoms with Gasteiger partial charge in [-0.15, -0.1) is 10.2 Å². The zero-order valence-corrected chi connectivity index (χ0v) is 19.6. The molecule has 0 spiro atoms. The van der Waals surface area contributed by atoms with Crippen molar-refractivity contribution in [1.29, 1.82) is 0 Å². The van der Waals surface area contributed by atoms with Crippen LogP contribution >= 0.6 is 0 Å². The third kappa shape index (κ3) is 4.41. The van der Waals surface area contributed by atoms with Crippen LogP contribution in [0.5, 0.6) is 0 Å². The summed E-state index contributed by atoms with van der Waals surface area (Å²) in [6.45, 7) is 8.01. The third-order valence-electron chi connectivity index (χ3n) is 6.00. The number of nitrogens with zero attached hydrogens (tertiary/aromatic N) is 7. The lowest BCUT2D eigenvalue weighted by Crippen LogP contribution is -2.28. The highest BCUT2D eigenvalue weighted by Crippen LogP contribution is 2.30. The van der Waals surface area contributed by atoms with Gasteiger partial charge in [0.05, 0.1) is 11.7 Å². The van der Waals surface area contributed by atoms with Gasteiger partial charge in [-0.3, -0.25) is 4.68 Å². The molecule has 5 rings (SSSR count).